The van der Waals surface area contributed by atoms with Crippen LogP contribution in [0.25, 0.3) is 11.2 Å². The second-order valence-electron chi connectivity index (χ2n) is 4.70. The highest BCUT2D eigenvalue weighted by atomic mass is 15.2. The van der Waals surface area contributed by atoms with Crippen molar-refractivity contribution >= 4 is 17.0 Å². The van der Waals surface area contributed by atoms with E-state index >= 15 is 0 Å². The number of hydrogen-bond acceptors (Lipinski definition) is 5. The topological polar surface area (TPSA) is 67.9 Å². The summed E-state index contributed by atoms with van der Waals surface area (Å²) in [6, 6.07) is 3.93. The van der Waals surface area contributed by atoms with E-state index in [-0.39, 0.29) is 0 Å². The van der Waals surface area contributed by atoms with Crippen molar-refractivity contribution in [3.05, 3.63) is 24.5 Å². The van der Waals surface area contributed by atoms with Crippen LogP contribution in [0.2, 0.25) is 0 Å². The van der Waals surface area contributed by atoms with Gasteiger partial charge in [0.15, 0.2) is 5.65 Å². The molecule has 0 aliphatic rings. The summed E-state index contributed by atoms with van der Waals surface area (Å²) >= 11 is 0. The van der Waals surface area contributed by atoms with E-state index in [0.29, 0.717) is 18.1 Å². The van der Waals surface area contributed by atoms with Gasteiger partial charge in [-0.1, -0.05) is 13.8 Å². The van der Waals surface area contributed by atoms with Crippen LogP contribution in [0.4, 0.5) is 5.82 Å². The molecular weight excluding hydrogens is 226 g/mol. The molecule has 0 aliphatic carbocycles. The number of nitrogens with zero attached hydrogens (tertiary/aromatic N) is 4. The van der Waals surface area contributed by atoms with E-state index in [1.54, 1.807) is 12.4 Å². The van der Waals surface area contributed by atoms with E-state index in [2.05, 4.69) is 33.7 Å². The molecule has 0 spiro atoms. The van der Waals surface area contributed by atoms with Crippen LogP contribution in [-0.2, 0) is 0 Å². The normalized spacial score (nSPS) is 11.1. The smallest absolute Gasteiger partial charge is 0.180 e. The summed E-state index contributed by atoms with van der Waals surface area (Å²) in [4.78, 5) is 15.2. The Morgan fingerprint density at radius 2 is 2.00 bits per heavy atom. The molecule has 0 amide bonds. The molecule has 2 heterocycles. The fourth-order valence-electron chi connectivity index (χ4n) is 1.92. The third-order valence-corrected chi connectivity index (χ3v) is 2.63. The minimum Gasteiger partial charge on any atom is -0.355 e. The Labute approximate surface area is 107 Å². The molecule has 0 fully saturated rings. The Hall–Kier alpha value is -1.75. The van der Waals surface area contributed by atoms with Crippen molar-refractivity contribution in [3.8, 4) is 0 Å². The largest absolute Gasteiger partial charge is 0.355 e. The molecule has 0 aliphatic heterocycles. The van der Waals surface area contributed by atoms with Crippen LogP contribution in [-0.4, -0.2) is 34.6 Å². The summed E-state index contributed by atoms with van der Waals surface area (Å²) in [5.74, 6) is 1.48. The summed E-state index contributed by atoms with van der Waals surface area (Å²) in [6.45, 7) is 6.73. The van der Waals surface area contributed by atoms with Crippen LogP contribution in [0.3, 0.4) is 0 Å². The lowest BCUT2D eigenvalue weighted by atomic mass is 10.2. The molecular formula is C13H19N5. The molecule has 0 unspecified atom stereocenters. The molecule has 5 nitrogen and oxygen atoms in total. The highest BCUT2D eigenvalue weighted by Crippen LogP contribution is 2.15. The number of anilines is 1. The minimum atomic E-state index is 0.566. The zero-order chi connectivity index (χ0) is 13.0. The number of pyridine rings is 1. The Morgan fingerprint density at radius 3 is 2.72 bits per heavy atom. The van der Waals surface area contributed by atoms with E-state index in [0.717, 1.165) is 24.4 Å². The first-order valence-corrected chi connectivity index (χ1v) is 6.23. The number of nitrogens with two attached hydrogens (primary N) is 1. The molecule has 2 aromatic heterocycles. The summed E-state index contributed by atoms with van der Waals surface area (Å²) < 4.78 is 0. The van der Waals surface area contributed by atoms with Crippen LogP contribution in [0.1, 0.15) is 13.8 Å². The van der Waals surface area contributed by atoms with Crippen LogP contribution in [0, 0.1) is 5.92 Å². The molecule has 0 radical (unpaired) electrons. The first-order chi connectivity index (χ1) is 8.70. The summed E-state index contributed by atoms with van der Waals surface area (Å²) in [6.07, 6.45) is 3.34. The van der Waals surface area contributed by atoms with Gasteiger partial charge in [-0.05, 0) is 18.1 Å². The van der Waals surface area contributed by atoms with Crippen molar-refractivity contribution in [2.75, 3.05) is 24.5 Å². The molecule has 2 rings (SSSR count). The van der Waals surface area contributed by atoms with Crippen LogP contribution >= 0.6 is 0 Å². The van der Waals surface area contributed by atoms with E-state index in [4.69, 9.17) is 5.73 Å². The molecule has 0 aromatic carbocycles. The van der Waals surface area contributed by atoms with E-state index < -0.39 is 0 Å². The fourth-order valence-corrected chi connectivity index (χ4v) is 1.92. The van der Waals surface area contributed by atoms with Crippen molar-refractivity contribution in [3.63, 3.8) is 0 Å². The van der Waals surface area contributed by atoms with Crippen molar-refractivity contribution in [1.82, 2.24) is 15.0 Å². The van der Waals surface area contributed by atoms with Gasteiger partial charge in [-0.15, -0.1) is 0 Å². The predicted molar refractivity (Wildman–Crippen MR) is 73.4 cm³/mol. The highest BCUT2D eigenvalue weighted by molar-refractivity contribution is 5.71. The molecule has 0 saturated carbocycles. The lowest BCUT2D eigenvalue weighted by molar-refractivity contribution is 0.608. The molecule has 5 heteroatoms. The van der Waals surface area contributed by atoms with Crippen LogP contribution in [0.5, 0.6) is 0 Å². The van der Waals surface area contributed by atoms with E-state index in [1.807, 2.05) is 12.1 Å². The number of rotatable bonds is 5. The van der Waals surface area contributed by atoms with E-state index in [9.17, 15) is 0 Å². The molecule has 2 N–H and O–H groups in total. The van der Waals surface area contributed by atoms with Gasteiger partial charge in [-0.25, -0.2) is 9.97 Å². The van der Waals surface area contributed by atoms with Gasteiger partial charge in [0.2, 0.25) is 0 Å². The lowest BCUT2D eigenvalue weighted by Crippen LogP contribution is -2.33. The molecule has 0 bridgehead atoms. The molecule has 18 heavy (non-hydrogen) atoms. The van der Waals surface area contributed by atoms with E-state index in [1.165, 1.54) is 0 Å². The quantitative estimate of drug-likeness (QED) is 0.863. The van der Waals surface area contributed by atoms with Gasteiger partial charge >= 0.3 is 0 Å². The van der Waals surface area contributed by atoms with Gasteiger partial charge in [0.25, 0.3) is 0 Å². The number of fused-ring (bicyclic) bond motifs is 1. The maximum absolute atomic E-state index is 5.66. The average Bonchev–Trinajstić information content (AvgIpc) is 2.37. The summed E-state index contributed by atoms with van der Waals surface area (Å²) in [5.41, 5.74) is 7.16. The van der Waals surface area contributed by atoms with Crippen molar-refractivity contribution < 1.29 is 0 Å². The summed E-state index contributed by atoms with van der Waals surface area (Å²) in [7, 11) is 0. The Kier molecular flexibility index (Phi) is 4.04. The van der Waals surface area contributed by atoms with Gasteiger partial charge in [0.1, 0.15) is 11.3 Å². The molecule has 2 aromatic rings. The highest BCUT2D eigenvalue weighted by Gasteiger charge is 2.10. The third-order valence-electron chi connectivity index (χ3n) is 2.63. The second kappa shape index (κ2) is 5.73. The van der Waals surface area contributed by atoms with Crippen molar-refractivity contribution in [2.45, 2.75) is 13.8 Å². The van der Waals surface area contributed by atoms with Gasteiger partial charge in [-0.3, -0.25) is 4.98 Å². The minimum absolute atomic E-state index is 0.566. The average molecular weight is 245 g/mol. The third kappa shape index (κ3) is 2.92. The SMILES string of the molecule is CC(C)CN(CCN)c1ccc2nccnc2n1. The first kappa shape index (κ1) is 12.7. The first-order valence-electron chi connectivity index (χ1n) is 6.23. The Bertz CT molecular complexity index is 511. The Morgan fingerprint density at radius 1 is 1.22 bits per heavy atom. The predicted octanol–water partition coefficient (Wildman–Crippen LogP) is 1.45. The van der Waals surface area contributed by atoms with Gasteiger partial charge in [0, 0.05) is 32.0 Å². The fraction of sp³-hybridized carbons (Fsp3) is 0.462. The zero-order valence-electron chi connectivity index (χ0n) is 10.9. The molecule has 96 valence electrons. The second-order valence-corrected chi connectivity index (χ2v) is 4.70. The van der Waals surface area contributed by atoms with Crippen molar-refractivity contribution in [2.24, 2.45) is 11.7 Å². The van der Waals surface area contributed by atoms with Gasteiger partial charge in [0.05, 0.1) is 0 Å². The van der Waals surface area contributed by atoms with Crippen molar-refractivity contribution in [1.29, 1.82) is 0 Å². The maximum atomic E-state index is 5.66. The summed E-state index contributed by atoms with van der Waals surface area (Å²) in [5, 5.41) is 0. The lowest BCUT2D eigenvalue weighted by Gasteiger charge is -2.25. The number of aromatic nitrogens is 3. The van der Waals surface area contributed by atoms with Crippen LogP contribution in [0.15, 0.2) is 24.5 Å². The molecule has 0 atom stereocenters. The monoisotopic (exact) mass is 245 g/mol. The Balaban J connectivity index is 2.31. The molecule has 0 saturated heterocycles. The van der Waals surface area contributed by atoms with Gasteiger partial charge < -0.3 is 10.6 Å². The number of hydrogen-bond donors (Lipinski definition) is 1. The standard InChI is InChI=1S/C13H19N5/c1-10(2)9-18(8-5-14)12-4-3-11-13(17-12)16-7-6-15-11/h3-4,6-7,10H,5,8-9,14H2,1-2H3. The van der Waals surface area contributed by atoms with Crippen LogP contribution < -0.4 is 10.6 Å². The maximum Gasteiger partial charge on any atom is 0.180 e. The zero-order valence-corrected chi connectivity index (χ0v) is 10.9. The van der Waals surface area contributed by atoms with Gasteiger partial charge in [-0.2, -0.15) is 0 Å².